The number of carbonyl (C=O) groups excluding carboxylic acids is 1. The summed E-state index contributed by atoms with van der Waals surface area (Å²) >= 11 is 5.88. The zero-order valence-corrected chi connectivity index (χ0v) is 14.9. The molecule has 0 aliphatic heterocycles. The van der Waals surface area contributed by atoms with Crippen LogP contribution < -0.4 is 5.32 Å². The Hall–Kier alpha value is -2.03. The van der Waals surface area contributed by atoms with Crippen molar-refractivity contribution in [1.82, 2.24) is 24.9 Å². The van der Waals surface area contributed by atoms with Crippen LogP contribution in [0.3, 0.4) is 0 Å². The van der Waals surface area contributed by atoms with Crippen molar-refractivity contribution in [2.75, 3.05) is 6.54 Å². The lowest BCUT2D eigenvalue weighted by atomic mass is 10.2. The fraction of sp³-hybridized carbons (Fsp3) is 0.562. The first kappa shape index (κ1) is 18.8. The van der Waals surface area contributed by atoms with Crippen LogP contribution in [0.5, 0.6) is 0 Å². The molecule has 1 aliphatic rings. The Balaban J connectivity index is 1.50. The smallest absolute Gasteiger partial charge is 0.354 e. The third kappa shape index (κ3) is 4.38. The highest BCUT2D eigenvalue weighted by Gasteiger charge is 2.37. The molecule has 3 rings (SSSR count). The van der Waals surface area contributed by atoms with E-state index in [2.05, 4.69) is 15.5 Å². The lowest BCUT2D eigenvalue weighted by Gasteiger charge is -2.09. The Morgan fingerprint density at radius 2 is 2.12 bits per heavy atom. The van der Waals surface area contributed by atoms with Gasteiger partial charge in [-0.3, -0.25) is 14.2 Å². The normalized spacial score (nSPS) is 14.7. The number of nitrogens with zero attached hydrogens (tertiary/aromatic N) is 4. The summed E-state index contributed by atoms with van der Waals surface area (Å²) in [7, 11) is 0. The highest BCUT2D eigenvalue weighted by Crippen LogP contribution is 2.42. The van der Waals surface area contributed by atoms with Crippen molar-refractivity contribution >= 4 is 17.5 Å². The topological polar surface area (TPSA) is 64.7 Å². The number of aryl methyl sites for hydroxylation is 1. The number of aromatic nitrogens is 4. The highest BCUT2D eigenvalue weighted by atomic mass is 35.5. The minimum absolute atomic E-state index is 0.0475. The first-order chi connectivity index (χ1) is 12.3. The van der Waals surface area contributed by atoms with E-state index in [-0.39, 0.29) is 18.4 Å². The Morgan fingerprint density at radius 1 is 1.38 bits per heavy atom. The molecule has 6 nitrogen and oxygen atoms in total. The van der Waals surface area contributed by atoms with Gasteiger partial charge in [0.05, 0.1) is 16.9 Å². The van der Waals surface area contributed by atoms with Crippen LogP contribution in [0.25, 0.3) is 0 Å². The van der Waals surface area contributed by atoms with Crippen LogP contribution in [0.4, 0.5) is 13.2 Å². The van der Waals surface area contributed by atoms with Crippen LogP contribution in [-0.4, -0.2) is 32.0 Å². The zero-order valence-electron chi connectivity index (χ0n) is 14.2. The molecule has 0 unspecified atom stereocenters. The molecular formula is C16H19ClF3N5O. The van der Waals surface area contributed by atoms with E-state index in [0.717, 1.165) is 18.9 Å². The minimum atomic E-state index is -4.44. The van der Waals surface area contributed by atoms with Crippen LogP contribution in [0.1, 0.15) is 42.3 Å². The molecule has 2 aromatic rings. The number of amides is 1. The Bertz CT molecular complexity index is 794. The molecule has 0 radical (unpaired) electrons. The molecule has 142 valence electrons. The Kier molecular flexibility index (Phi) is 5.27. The SMILES string of the molecule is Cc1c(Cl)cnn1CC(=O)NCCCn1nc(C(F)(F)F)cc1C1CC1. The monoisotopic (exact) mass is 389 g/mol. The van der Waals surface area contributed by atoms with Crippen molar-refractivity contribution in [3.63, 3.8) is 0 Å². The molecule has 0 bridgehead atoms. The second-order valence-electron chi connectivity index (χ2n) is 6.39. The highest BCUT2D eigenvalue weighted by molar-refractivity contribution is 6.31. The maximum Gasteiger partial charge on any atom is 0.435 e. The molecule has 2 aromatic heterocycles. The second-order valence-corrected chi connectivity index (χ2v) is 6.80. The molecule has 1 fully saturated rings. The summed E-state index contributed by atoms with van der Waals surface area (Å²) in [5.41, 5.74) is 0.479. The number of nitrogens with one attached hydrogen (secondary N) is 1. The predicted octanol–water partition coefficient (Wildman–Crippen LogP) is 3.14. The van der Waals surface area contributed by atoms with Gasteiger partial charge in [-0.25, -0.2) is 0 Å². The molecule has 1 aliphatic carbocycles. The second kappa shape index (κ2) is 7.30. The zero-order chi connectivity index (χ0) is 18.9. The number of rotatable bonds is 7. The van der Waals surface area contributed by atoms with E-state index >= 15 is 0 Å². The van der Waals surface area contributed by atoms with Crippen LogP contribution >= 0.6 is 11.6 Å². The average molecular weight is 390 g/mol. The van der Waals surface area contributed by atoms with Crippen LogP contribution in [-0.2, 0) is 24.1 Å². The van der Waals surface area contributed by atoms with E-state index in [4.69, 9.17) is 11.6 Å². The number of hydrogen-bond acceptors (Lipinski definition) is 3. The Labute approximate surface area is 153 Å². The van der Waals surface area contributed by atoms with Gasteiger partial charge in [0.2, 0.25) is 5.91 Å². The molecule has 1 saturated carbocycles. The van der Waals surface area contributed by atoms with Gasteiger partial charge in [-0.05, 0) is 32.3 Å². The molecular weight excluding hydrogens is 371 g/mol. The van der Waals surface area contributed by atoms with Gasteiger partial charge in [0.15, 0.2) is 5.69 Å². The van der Waals surface area contributed by atoms with Gasteiger partial charge in [0.1, 0.15) is 6.54 Å². The maximum absolute atomic E-state index is 12.9. The number of alkyl halides is 3. The summed E-state index contributed by atoms with van der Waals surface area (Å²) in [6.45, 7) is 2.48. The summed E-state index contributed by atoms with van der Waals surface area (Å²) in [6.07, 6.45) is -0.689. The fourth-order valence-corrected chi connectivity index (χ4v) is 2.83. The van der Waals surface area contributed by atoms with Crippen molar-refractivity contribution in [3.8, 4) is 0 Å². The number of carbonyl (C=O) groups is 1. The molecule has 0 aromatic carbocycles. The van der Waals surface area contributed by atoms with E-state index in [1.165, 1.54) is 15.6 Å². The average Bonchev–Trinajstić information content (AvgIpc) is 3.25. The van der Waals surface area contributed by atoms with E-state index in [0.29, 0.717) is 35.9 Å². The fourth-order valence-electron chi connectivity index (χ4n) is 2.69. The summed E-state index contributed by atoms with van der Waals surface area (Å²) in [4.78, 5) is 11.9. The minimum Gasteiger partial charge on any atom is -0.354 e. The van der Waals surface area contributed by atoms with E-state index in [9.17, 15) is 18.0 Å². The summed E-state index contributed by atoms with van der Waals surface area (Å²) in [5.74, 6) is -0.0625. The first-order valence-corrected chi connectivity index (χ1v) is 8.73. The van der Waals surface area contributed by atoms with Crippen LogP contribution in [0, 0.1) is 6.92 Å². The van der Waals surface area contributed by atoms with Gasteiger partial charge in [-0.2, -0.15) is 23.4 Å². The van der Waals surface area contributed by atoms with Crippen molar-refractivity contribution in [3.05, 3.63) is 34.4 Å². The largest absolute Gasteiger partial charge is 0.435 e. The summed E-state index contributed by atoms with van der Waals surface area (Å²) in [6, 6.07) is 1.14. The first-order valence-electron chi connectivity index (χ1n) is 8.35. The van der Waals surface area contributed by atoms with E-state index in [1.54, 1.807) is 6.92 Å². The maximum atomic E-state index is 12.9. The quantitative estimate of drug-likeness (QED) is 0.740. The van der Waals surface area contributed by atoms with Crippen LogP contribution in [0.2, 0.25) is 5.02 Å². The molecule has 1 N–H and O–H groups in total. The third-order valence-corrected chi connectivity index (χ3v) is 4.67. The van der Waals surface area contributed by atoms with Crippen molar-refractivity contribution < 1.29 is 18.0 Å². The summed E-state index contributed by atoms with van der Waals surface area (Å²) < 4.78 is 41.5. The van der Waals surface area contributed by atoms with Crippen molar-refractivity contribution in [2.24, 2.45) is 0 Å². The molecule has 10 heteroatoms. The van der Waals surface area contributed by atoms with Crippen molar-refractivity contribution in [2.45, 2.75) is 51.4 Å². The van der Waals surface area contributed by atoms with E-state index < -0.39 is 11.9 Å². The number of halogens is 4. The van der Waals surface area contributed by atoms with Crippen LogP contribution in [0.15, 0.2) is 12.3 Å². The van der Waals surface area contributed by atoms with Gasteiger partial charge in [0, 0.05) is 24.7 Å². The van der Waals surface area contributed by atoms with Gasteiger partial charge in [-0.15, -0.1) is 0 Å². The van der Waals surface area contributed by atoms with Gasteiger partial charge in [0.25, 0.3) is 0 Å². The third-order valence-electron chi connectivity index (χ3n) is 4.30. The standard InChI is InChI=1S/C16H19ClF3N5O/c1-10-12(17)8-22-25(10)9-15(26)21-5-2-6-24-13(11-3-4-11)7-14(23-24)16(18,19)20/h7-8,11H,2-6,9H2,1H3,(H,21,26). The van der Waals surface area contributed by atoms with Gasteiger partial charge in [-0.1, -0.05) is 11.6 Å². The lowest BCUT2D eigenvalue weighted by Crippen LogP contribution is -2.29. The van der Waals surface area contributed by atoms with Crippen molar-refractivity contribution in [1.29, 1.82) is 0 Å². The van der Waals surface area contributed by atoms with Gasteiger partial charge < -0.3 is 5.32 Å². The number of hydrogen-bond donors (Lipinski definition) is 1. The summed E-state index contributed by atoms with van der Waals surface area (Å²) in [5, 5.41) is 10.9. The molecule has 1 amide bonds. The molecule has 26 heavy (non-hydrogen) atoms. The molecule has 0 spiro atoms. The lowest BCUT2D eigenvalue weighted by molar-refractivity contribution is -0.141. The molecule has 0 atom stereocenters. The molecule has 2 heterocycles. The Morgan fingerprint density at radius 3 is 2.69 bits per heavy atom. The van der Waals surface area contributed by atoms with E-state index in [1.807, 2.05) is 0 Å². The van der Waals surface area contributed by atoms with Gasteiger partial charge >= 0.3 is 6.18 Å². The predicted molar refractivity (Wildman–Crippen MR) is 88.8 cm³/mol. The molecule has 0 saturated heterocycles.